The highest BCUT2D eigenvalue weighted by Gasteiger charge is 2.49. The molecule has 7 atom stereocenters. The smallest absolute Gasteiger partial charge is 0.262 e. The predicted octanol–water partition coefficient (Wildman–Crippen LogP) is 5.92. The Kier molecular flexibility index (Phi) is 11.3. The SMILES string of the molecule is C=S1(=O)NC(=O)c2ccc3c(c2)N(C[C@@H]2CC[C@H]2[C@@](COCCN2CCOCC2)(OC)/C=C/C[C@H](C)[C@H]1C)C[C@@]1(CCCc2cc(Cl)ccc21)CO3. The number of ether oxygens (including phenoxy) is 4. The van der Waals surface area contributed by atoms with Gasteiger partial charge in [-0.05, 0) is 111 Å². The number of morpholine rings is 1. The molecular weight excluding hydrogens is 698 g/mol. The first kappa shape index (κ1) is 37.7. The van der Waals surface area contributed by atoms with Crippen LogP contribution in [0.3, 0.4) is 0 Å². The van der Waals surface area contributed by atoms with Gasteiger partial charge < -0.3 is 23.8 Å². The van der Waals surface area contributed by atoms with E-state index in [9.17, 15) is 9.00 Å². The van der Waals surface area contributed by atoms with Crippen LogP contribution in [0.1, 0.15) is 67.4 Å². The van der Waals surface area contributed by atoms with Crippen LogP contribution in [0, 0.1) is 17.8 Å². The van der Waals surface area contributed by atoms with E-state index in [1.807, 2.05) is 32.2 Å². The fourth-order valence-corrected chi connectivity index (χ4v) is 10.8. The van der Waals surface area contributed by atoms with Crippen molar-refractivity contribution in [2.45, 2.75) is 68.6 Å². The van der Waals surface area contributed by atoms with Gasteiger partial charge in [-0.1, -0.05) is 36.7 Å². The summed E-state index contributed by atoms with van der Waals surface area (Å²) in [6, 6.07) is 11.9. The number of halogens is 1. The van der Waals surface area contributed by atoms with Gasteiger partial charge in [0, 0.05) is 61.1 Å². The van der Waals surface area contributed by atoms with Crippen LogP contribution in [0.25, 0.3) is 0 Å². The molecule has 7 rings (SSSR count). The summed E-state index contributed by atoms with van der Waals surface area (Å²) in [5, 5.41) is 0.404. The molecule has 284 valence electrons. The highest BCUT2D eigenvalue weighted by molar-refractivity contribution is 7.99. The molecule has 1 amide bonds. The summed E-state index contributed by atoms with van der Waals surface area (Å²) < 4.78 is 42.1. The summed E-state index contributed by atoms with van der Waals surface area (Å²) in [5.74, 6) is 4.98. The first-order valence-corrected chi connectivity index (χ1v) is 21.3. The summed E-state index contributed by atoms with van der Waals surface area (Å²) in [7, 11) is -1.15. The first-order valence-electron chi connectivity index (χ1n) is 19.1. The Bertz CT molecular complexity index is 1750. The molecule has 0 radical (unpaired) electrons. The van der Waals surface area contributed by atoms with Gasteiger partial charge in [0.1, 0.15) is 11.4 Å². The van der Waals surface area contributed by atoms with Crippen molar-refractivity contribution in [3.05, 3.63) is 70.3 Å². The van der Waals surface area contributed by atoms with E-state index in [2.05, 4.69) is 51.6 Å². The largest absolute Gasteiger partial charge is 0.490 e. The minimum Gasteiger partial charge on any atom is -0.490 e. The molecule has 2 fully saturated rings. The van der Waals surface area contributed by atoms with Crippen molar-refractivity contribution in [1.82, 2.24) is 9.62 Å². The second kappa shape index (κ2) is 15.6. The molecule has 52 heavy (non-hydrogen) atoms. The maximum absolute atomic E-state index is 14.0. The number of rotatable bonds is 6. The molecule has 2 aromatic rings. The molecule has 1 N–H and O–H groups in total. The van der Waals surface area contributed by atoms with E-state index < -0.39 is 15.3 Å². The molecule has 3 heterocycles. The second-order valence-corrected chi connectivity index (χ2v) is 18.7. The highest BCUT2D eigenvalue weighted by atomic mass is 35.5. The zero-order chi connectivity index (χ0) is 36.5. The number of nitrogens with zero attached hydrogens (tertiary/aromatic N) is 2. The number of amides is 1. The van der Waals surface area contributed by atoms with E-state index in [1.54, 1.807) is 6.07 Å². The lowest BCUT2D eigenvalue weighted by Gasteiger charge is -2.50. The number of anilines is 1. The van der Waals surface area contributed by atoms with Gasteiger partial charge in [-0.3, -0.25) is 14.4 Å². The van der Waals surface area contributed by atoms with Crippen molar-refractivity contribution in [2.75, 3.05) is 77.8 Å². The molecular formula is C41H56ClN3O6S. The van der Waals surface area contributed by atoms with E-state index in [0.717, 1.165) is 94.5 Å². The lowest BCUT2D eigenvalue weighted by Crippen LogP contribution is -2.55. The van der Waals surface area contributed by atoms with Gasteiger partial charge in [0.15, 0.2) is 0 Å². The average Bonchev–Trinajstić information content (AvgIpc) is 3.27. The zero-order valence-electron chi connectivity index (χ0n) is 31.1. The van der Waals surface area contributed by atoms with E-state index in [4.69, 9.17) is 30.5 Å². The van der Waals surface area contributed by atoms with Crippen molar-refractivity contribution >= 4 is 38.8 Å². The molecule has 1 unspecified atom stereocenters. The highest BCUT2D eigenvalue weighted by Crippen LogP contribution is 2.49. The normalized spacial score (nSPS) is 34.6. The Morgan fingerprint density at radius 1 is 1.13 bits per heavy atom. The maximum atomic E-state index is 14.0. The molecule has 5 aliphatic rings. The van der Waals surface area contributed by atoms with Crippen LogP contribution in [0.15, 0.2) is 48.6 Å². The molecule has 2 aromatic carbocycles. The Balaban J connectivity index is 1.25. The molecule has 1 spiro atoms. The van der Waals surface area contributed by atoms with Crippen LogP contribution in [0.5, 0.6) is 5.75 Å². The number of fused-ring (bicyclic) bond motifs is 4. The fraction of sp³-hybridized carbons (Fsp3) is 0.610. The van der Waals surface area contributed by atoms with Crippen molar-refractivity contribution in [1.29, 1.82) is 0 Å². The Hall–Kier alpha value is -2.60. The Morgan fingerprint density at radius 2 is 1.96 bits per heavy atom. The number of carbonyl (C=O) groups is 1. The number of hydrogen-bond acceptors (Lipinski definition) is 8. The van der Waals surface area contributed by atoms with Gasteiger partial charge >= 0.3 is 0 Å². The number of benzene rings is 2. The maximum Gasteiger partial charge on any atom is 0.262 e. The minimum atomic E-state index is -2.97. The summed E-state index contributed by atoms with van der Waals surface area (Å²) in [6.45, 7) is 11.4. The van der Waals surface area contributed by atoms with Crippen LogP contribution in [0.4, 0.5) is 5.69 Å². The average molecular weight is 754 g/mol. The van der Waals surface area contributed by atoms with Crippen LogP contribution in [-0.2, 0) is 35.8 Å². The lowest BCUT2D eigenvalue weighted by atomic mass is 9.64. The Morgan fingerprint density at radius 3 is 2.73 bits per heavy atom. The van der Waals surface area contributed by atoms with Crippen LogP contribution < -0.4 is 14.4 Å². The third kappa shape index (κ3) is 7.66. The molecule has 11 heteroatoms. The van der Waals surface area contributed by atoms with E-state index in [0.29, 0.717) is 37.7 Å². The summed E-state index contributed by atoms with van der Waals surface area (Å²) in [6.07, 6.45) is 10.2. The number of carbonyl (C=O) groups excluding carboxylic acids is 1. The molecule has 1 saturated carbocycles. The second-order valence-electron chi connectivity index (χ2n) is 15.9. The molecule has 1 saturated heterocycles. The third-order valence-corrected chi connectivity index (χ3v) is 15.2. The summed E-state index contributed by atoms with van der Waals surface area (Å²) in [5.41, 5.74) is 3.07. The topological polar surface area (TPSA) is 89.6 Å². The summed E-state index contributed by atoms with van der Waals surface area (Å²) in [4.78, 5) is 18.6. The Labute approximate surface area is 315 Å². The lowest BCUT2D eigenvalue weighted by molar-refractivity contribution is -0.120. The van der Waals surface area contributed by atoms with Crippen molar-refractivity contribution in [2.24, 2.45) is 17.8 Å². The van der Waals surface area contributed by atoms with Gasteiger partial charge in [0.05, 0.1) is 48.4 Å². The van der Waals surface area contributed by atoms with Crippen LogP contribution in [-0.4, -0.2) is 105 Å². The fourth-order valence-electron chi connectivity index (χ4n) is 9.13. The van der Waals surface area contributed by atoms with Gasteiger partial charge in [-0.2, -0.15) is 0 Å². The number of allylic oxidation sites excluding steroid dienone is 1. The van der Waals surface area contributed by atoms with Crippen LogP contribution in [0.2, 0.25) is 5.02 Å². The molecule has 2 bridgehead atoms. The van der Waals surface area contributed by atoms with Gasteiger partial charge in [-0.15, -0.1) is 0 Å². The van der Waals surface area contributed by atoms with Crippen LogP contribution >= 0.6 is 11.6 Å². The molecule has 0 aromatic heterocycles. The van der Waals surface area contributed by atoms with Gasteiger partial charge in [-0.25, -0.2) is 4.21 Å². The van der Waals surface area contributed by atoms with Crippen molar-refractivity contribution < 1.29 is 28.0 Å². The number of hydrogen-bond donors (Lipinski definition) is 1. The van der Waals surface area contributed by atoms with E-state index >= 15 is 0 Å². The number of nitrogens with one attached hydrogen (secondary N) is 1. The molecule has 9 nitrogen and oxygen atoms in total. The monoisotopic (exact) mass is 753 g/mol. The first-order chi connectivity index (χ1) is 25.0. The molecule has 2 aliphatic carbocycles. The quantitative estimate of drug-likeness (QED) is 0.221. The zero-order valence-corrected chi connectivity index (χ0v) is 32.7. The molecule has 3 aliphatic heterocycles. The van der Waals surface area contributed by atoms with E-state index in [1.165, 1.54) is 11.1 Å². The van der Waals surface area contributed by atoms with Crippen molar-refractivity contribution in [3.8, 4) is 5.75 Å². The predicted molar refractivity (Wildman–Crippen MR) is 209 cm³/mol. The van der Waals surface area contributed by atoms with Gasteiger partial charge in [0.25, 0.3) is 5.91 Å². The number of aryl methyl sites for hydroxylation is 1. The standard InChI is InChI=1S/C41H56ClN3O6S/c1-29-7-5-16-41(48-3,28-50-22-19-44-17-20-49-21-18-44)36-12-9-33(36)25-45-26-40(15-6-8-31-23-34(42)11-13-35(31)40)27-51-38-14-10-32(24-37(38)45)39(46)43-52(4,47)30(29)2/h5,10-11,13-14,16,23-24,29-30,33,36H,4,6-9,12,15,17-22,25-28H2,1-3H3,(H,43,46,47)/b16-5+/t29-,30+,33-,36+,40-,41+,52?/m0/s1. The van der Waals surface area contributed by atoms with Crippen molar-refractivity contribution in [3.63, 3.8) is 0 Å². The minimum absolute atomic E-state index is 0.00353. The van der Waals surface area contributed by atoms with E-state index in [-0.39, 0.29) is 28.4 Å². The number of methoxy groups -OCH3 is 1. The van der Waals surface area contributed by atoms with Gasteiger partial charge in [0.2, 0.25) is 0 Å². The third-order valence-electron chi connectivity index (χ3n) is 12.7. The summed E-state index contributed by atoms with van der Waals surface area (Å²) >= 11 is 6.50.